The van der Waals surface area contributed by atoms with Gasteiger partial charge in [-0.1, -0.05) is 30.7 Å². The summed E-state index contributed by atoms with van der Waals surface area (Å²) >= 11 is 6.07. The Hall–Kier alpha value is -0.740. The first-order valence-electron chi connectivity index (χ1n) is 5.58. The van der Waals surface area contributed by atoms with Crippen molar-refractivity contribution in [2.45, 2.75) is 26.8 Å². The molecule has 0 spiro atoms. The third-order valence-electron chi connectivity index (χ3n) is 2.56. The molecule has 0 aliphatic rings. The molecule has 96 valence electrons. The Labute approximate surface area is 108 Å². The Morgan fingerprint density at radius 1 is 1.41 bits per heavy atom. The van der Waals surface area contributed by atoms with Crippen LogP contribution in [0, 0.1) is 6.92 Å². The van der Waals surface area contributed by atoms with Crippen molar-refractivity contribution in [3.8, 4) is 0 Å². The number of rotatable bonds is 5. The molecule has 0 fully saturated rings. The topological polar surface area (TPSA) is 46.2 Å². The van der Waals surface area contributed by atoms with E-state index in [1.807, 2.05) is 26.0 Å². The van der Waals surface area contributed by atoms with E-state index >= 15 is 0 Å². The summed E-state index contributed by atoms with van der Waals surface area (Å²) in [4.78, 5) is 0. The van der Waals surface area contributed by atoms with Crippen molar-refractivity contribution < 1.29 is 8.42 Å². The molecule has 0 heterocycles. The molecule has 3 nitrogen and oxygen atoms in total. The number of anilines is 1. The van der Waals surface area contributed by atoms with Crippen LogP contribution in [0.25, 0.3) is 0 Å². The highest BCUT2D eigenvalue weighted by Gasteiger charge is 2.15. The molecule has 1 atom stereocenters. The monoisotopic (exact) mass is 275 g/mol. The van der Waals surface area contributed by atoms with Crippen LogP contribution in [0.1, 0.15) is 19.4 Å². The lowest BCUT2D eigenvalue weighted by Gasteiger charge is -2.17. The minimum Gasteiger partial charge on any atom is -0.380 e. The van der Waals surface area contributed by atoms with Gasteiger partial charge in [0.15, 0.2) is 9.84 Å². The van der Waals surface area contributed by atoms with E-state index in [2.05, 4.69) is 5.32 Å². The van der Waals surface area contributed by atoms with Gasteiger partial charge in [-0.05, 0) is 25.5 Å². The maximum absolute atomic E-state index is 11.5. The van der Waals surface area contributed by atoms with E-state index in [9.17, 15) is 8.42 Å². The van der Waals surface area contributed by atoms with Crippen molar-refractivity contribution in [3.05, 3.63) is 28.8 Å². The predicted molar refractivity (Wildman–Crippen MR) is 73.6 cm³/mol. The molecule has 0 aliphatic carbocycles. The second kappa shape index (κ2) is 5.74. The van der Waals surface area contributed by atoms with E-state index in [-0.39, 0.29) is 17.5 Å². The normalized spacial score (nSPS) is 13.4. The number of para-hydroxylation sites is 1. The van der Waals surface area contributed by atoms with Gasteiger partial charge in [-0.3, -0.25) is 0 Å². The molecule has 0 saturated carbocycles. The zero-order valence-electron chi connectivity index (χ0n) is 10.3. The number of aryl methyl sites for hydroxylation is 1. The molecule has 0 amide bonds. The second-order valence-corrected chi connectivity index (χ2v) is 6.98. The van der Waals surface area contributed by atoms with Gasteiger partial charge in [0.25, 0.3) is 0 Å². The largest absolute Gasteiger partial charge is 0.380 e. The Morgan fingerprint density at radius 3 is 2.59 bits per heavy atom. The van der Waals surface area contributed by atoms with E-state index in [0.29, 0.717) is 5.02 Å². The lowest BCUT2D eigenvalue weighted by molar-refractivity contribution is 0.593. The van der Waals surface area contributed by atoms with Crippen LogP contribution in [0.5, 0.6) is 0 Å². The summed E-state index contributed by atoms with van der Waals surface area (Å²) in [6, 6.07) is 5.45. The molecular weight excluding hydrogens is 258 g/mol. The summed E-state index contributed by atoms with van der Waals surface area (Å²) in [5, 5.41) is 3.77. The first-order chi connectivity index (χ1) is 7.85. The van der Waals surface area contributed by atoms with Crippen LogP contribution in [-0.2, 0) is 9.84 Å². The van der Waals surface area contributed by atoms with Gasteiger partial charge >= 0.3 is 0 Å². The summed E-state index contributed by atoms with van der Waals surface area (Å²) in [5.74, 6) is 0.286. The Morgan fingerprint density at radius 2 is 2.06 bits per heavy atom. The average molecular weight is 276 g/mol. The first kappa shape index (κ1) is 14.3. The van der Waals surface area contributed by atoms with E-state index in [4.69, 9.17) is 11.6 Å². The lowest BCUT2D eigenvalue weighted by Crippen LogP contribution is -2.27. The summed E-state index contributed by atoms with van der Waals surface area (Å²) in [6.07, 6.45) is 0. The average Bonchev–Trinajstić information content (AvgIpc) is 2.23. The fraction of sp³-hybridized carbons (Fsp3) is 0.500. The highest BCUT2D eigenvalue weighted by atomic mass is 35.5. The van der Waals surface area contributed by atoms with Crippen molar-refractivity contribution in [3.63, 3.8) is 0 Å². The fourth-order valence-electron chi connectivity index (χ4n) is 1.60. The molecule has 1 aromatic carbocycles. The van der Waals surface area contributed by atoms with Gasteiger partial charge in [0.05, 0.1) is 16.5 Å². The van der Waals surface area contributed by atoms with Crippen molar-refractivity contribution in [1.29, 1.82) is 0 Å². The molecule has 0 saturated heterocycles. The zero-order chi connectivity index (χ0) is 13.1. The molecule has 1 N–H and O–H groups in total. The van der Waals surface area contributed by atoms with Gasteiger partial charge < -0.3 is 5.32 Å². The molecule has 1 unspecified atom stereocenters. The van der Waals surface area contributed by atoms with Crippen LogP contribution in [0.2, 0.25) is 5.02 Å². The zero-order valence-corrected chi connectivity index (χ0v) is 11.9. The third-order valence-corrected chi connectivity index (χ3v) is 4.76. The van der Waals surface area contributed by atoms with E-state index in [0.717, 1.165) is 11.3 Å². The second-order valence-electron chi connectivity index (χ2n) is 4.18. The fourth-order valence-corrected chi connectivity index (χ4v) is 2.96. The van der Waals surface area contributed by atoms with Gasteiger partial charge in [-0.25, -0.2) is 8.42 Å². The third kappa shape index (κ3) is 4.21. The highest BCUT2D eigenvalue weighted by molar-refractivity contribution is 7.91. The maximum atomic E-state index is 11.5. The SMILES string of the molecule is CCS(=O)(=O)CC(C)Nc1c(C)cccc1Cl. The van der Waals surface area contributed by atoms with Crippen LogP contribution in [0.4, 0.5) is 5.69 Å². The molecule has 0 aromatic heterocycles. The van der Waals surface area contributed by atoms with Crippen LogP contribution in [0.15, 0.2) is 18.2 Å². The lowest BCUT2D eigenvalue weighted by atomic mass is 10.2. The van der Waals surface area contributed by atoms with Gasteiger partial charge in [-0.15, -0.1) is 0 Å². The molecule has 0 bridgehead atoms. The Balaban J connectivity index is 2.79. The maximum Gasteiger partial charge on any atom is 0.152 e. The first-order valence-corrected chi connectivity index (χ1v) is 7.77. The minimum absolute atomic E-state index is 0.119. The van der Waals surface area contributed by atoms with Crippen molar-refractivity contribution in [1.82, 2.24) is 0 Å². The standard InChI is InChI=1S/C12H18ClNO2S/c1-4-17(15,16)8-10(3)14-12-9(2)6-5-7-11(12)13/h5-7,10,14H,4,8H2,1-3H3. The summed E-state index contributed by atoms with van der Waals surface area (Å²) in [5.41, 5.74) is 1.83. The number of hydrogen-bond donors (Lipinski definition) is 1. The molecular formula is C12H18ClNO2S. The number of nitrogens with one attached hydrogen (secondary N) is 1. The summed E-state index contributed by atoms with van der Waals surface area (Å²) in [6.45, 7) is 5.44. The van der Waals surface area contributed by atoms with Gasteiger partial charge in [0.2, 0.25) is 0 Å². The van der Waals surface area contributed by atoms with Gasteiger partial charge in [0.1, 0.15) is 0 Å². The van der Waals surface area contributed by atoms with E-state index in [1.54, 1.807) is 13.0 Å². The predicted octanol–water partition coefficient (Wildman–Crippen LogP) is 2.88. The molecule has 17 heavy (non-hydrogen) atoms. The summed E-state index contributed by atoms with van der Waals surface area (Å²) < 4.78 is 23.0. The Kier molecular flexibility index (Phi) is 4.83. The molecule has 1 rings (SSSR count). The van der Waals surface area contributed by atoms with E-state index < -0.39 is 9.84 Å². The van der Waals surface area contributed by atoms with Crippen LogP contribution < -0.4 is 5.32 Å². The van der Waals surface area contributed by atoms with Crippen molar-refractivity contribution in [2.75, 3.05) is 16.8 Å². The smallest absolute Gasteiger partial charge is 0.152 e. The van der Waals surface area contributed by atoms with Crippen LogP contribution >= 0.6 is 11.6 Å². The molecule has 0 radical (unpaired) electrons. The summed E-state index contributed by atoms with van der Waals surface area (Å²) in [7, 11) is -2.97. The number of sulfone groups is 1. The number of halogens is 1. The number of benzene rings is 1. The highest BCUT2D eigenvalue weighted by Crippen LogP contribution is 2.25. The molecule has 0 aliphatic heterocycles. The quantitative estimate of drug-likeness (QED) is 0.899. The van der Waals surface area contributed by atoms with E-state index in [1.165, 1.54) is 0 Å². The van der Waals surface area contributed by atoms with Gasteiger partial charge in [0, 0.05) is 11.8 Å². The van der Waals surface area contributed by atoms with Crippen LogP contribution in [0.3, 0.4) is 0 Å². The van der Waals surface area contributed by atoms with Gasteiger partial charge in [-0.2, -0.15) is 0 Å². The van der Waals surface area contributed by atoms with Crippen molar-refractivity contribution >= 4 is 27.1 Å². The minimum atomic E-state index is -2.97. The molecule has 1 aromatic rings. The van der Waals surface area contributed by atoms with Crippen molar-refractivity contribution in [2.24, 2.45) is 0 Å². The van der Waals surface area contributed by atoms with Crippen LogP contribution in [-0.4, -0.2) is 26.0 Å². The Bertz CT molecular complexity index is 465. The number of hydrogen-bond acceptors (Lipinski definition) is 3. The molecule has 5 heteroatoms.